The van der Waals surface area contributed by atoms with Crippen LogP contribution in [-0.2, 0) is 17.5 Å². The summed E-state index contributed by atoms with van der Waals surface area (Å²) in [6, 6.07) is 17.7. The van der Waals surface area contributed by atoms with Crippen molar-refractivity contribution in [2.24, 2.45) is 0 Å². The van der Waals surface area contributed by atoms with Crippen molar-refractivity contribution in [2.45, 2.75) is 43.2 Å². The Morgan fingerprint density at radius 1 is 1.06 bits per heavy atom. The van der Waals surface area contributed by atoms with E-state index >= 15 is 0 Å². The molecule has 3 aromatic carbocycles. The van der Waals surface area contributed by atoms with Crippen LogP contribution in [0.4, 0.5) is 10.1 Å². The fourth-order valence-corrected chi connectivity index (χ4v) is 5.59. The summed E-state index contributed by atoms with van der Waals surface area (Å²) in [6.07, 6.45) is 3.77. The van der Waals surface area contributed by atoms with Crippen LogP contribution in [0.25, 0.3) is 0 Å². The quantitative estimate of drug-likeness (QED) is 0.491. The molecule has 3 aromatic rings. The van der Waals surface area contributed by atoms with Crippen molar-refractivity contribution in [1.29, 1.82) is 0 Å². The molecule has 1 heterocycles. The first-order valence-corrected chi connectivity index (χ1v) is 12.2. The predicted octanol–water partition coefficient (Wildman–Crippen LogP) is 5.00. The number of nitrogens with zero attached hydrogens (tertiary/aromatic N) is 1. The molecule has 1 amide bonds. The van der Waals surface area contributed by atoms with Crippen LogP contribution in [0.1, 0.15) is 63.1 Å². The van der Waals surface area contributed by atoms with E-state index in [2.05, 4.69) is 16.3 Å². The van der Waals surface area contributed by atoms with Gasteiger partial charge in [-0.1, -0.05) is 30.3 Å². The summed E-state index contributed by atoms with van der Waals surface area (Å²) >= 11 is 0. The van der Waals surface area contributed by atoms with E-state index in [0.29, 0.717) is 12.1 Å². The summed E-state index contributed by atoms with van der Waals surface area (Å²) < 4.78 is 19.4. The molecular weight excluding hydrogens is 459 g/mol. The zero-order valence-corrected chi connectivity index (χ0v) is 20.0. The molecule has 6 rings (SSSR count). The number of ether oxygens (including phenoxy) is 1. The molecular formula is C29H27FN2O4. The third kappa shape index (κ3) is 3.70. The number of carboxylic acids is 1. The van der Waals surface area contributed by atoms with E-state index in [4.69, 9.17) is 4.74 Å². The summed E-state index contributed by atoms with van der Waals surface area (Å²) in [5.74, 6) is -1.30. The van der Waals surface area contributed by atoms with Gasteiger partial charge in [0.05, 0.1) is 29.5 Å². The molecule has 2 aliphatic carbocycles. The van der Waals surface area contributed by atoms with Gasteiger partial charge in [0.15, 0.2) is 11.6 Å². The summed E-state index contributed by atoms with van der Waals surface area (Å²) in [7, 11) is 1.45. The van der Waals surface area contributed by atoms with Gasteiger partial charge in [-0.15, -0.1) is 0 Å². The van der Waals surface area contributed by atoms with E-state index in [1.54, 1.807) is 30.3 Å². The molecule has 2 saturated carbocycles. The van der Waals surface area contributed by atoms with Crippen LogP contribution < -0.4 is 15.0 Å². The zero-order valence-electron chi connectivity index (χ0n) is 20.0. The van der Waals surface area contributed by atoms with E-state index < -0.39 is 17.3 Å². The highest BCUT2D eigenvalue weighted by atomic mass is 19.1. The van der Waals surface area contributed by atoms with Crippen molar-refractivity contribution in [3.63, 3.8) is 0 Å². The molecule has 0 atom stereocenters. The van der Waals surface area contributed by atoms with Crippen molar-refractivity contribution in [2.75, 3.05) is 18.6 Å². The molecule has 2 N–H and O–H groups in total. The van der Waals surface area contributed by atoms with Gasteiger partial charge in [-0.05, 0) is 72.7 Å². The molecule has 6 nitrogen and oxygen atoms in total. The van der Waals surface area contributed by atoms with E-state index in [0.717, 1.165) is 49.0 Å². The van der Waals surface area contributed by atoms with Crippen molar-refractivity contribution < 1.29 is 23.8 Å². The molecule has 1 aliphatic heterocycles. The minimum Gasteiger partial charge on any atom is -0.494 e. The number of hydrogen-bond acceptors (Lipinski definition) is 4. The summed E-state index contributed by atoms with van der Waals surface area (Å²) in [5.41, 5.74) is 4.31. The summed E-state index contributed by atoms with van der Waals surface area (Å²) in [4.78, 5) is 27.1. The van der Waals surface area contributed by atoms with Gasteiger partial charge in [-0.25, -0.2) is 9.18 Å². The van der Waals surface area contributed by atoms with E-state index in [-0.39, 0.29) is 22.6 Å². The number of hydrogen-bond donors (Lipinski definition) is 2. The number of para-hydroxylation sites is 1. The van der Waals surface area contributed by atoms with Crippen LogP contribution in [0.3, 0.4) is 0 Å². The first-order chi connectivity index (χ1) is 17.3. The fraction of sp³-hybridized carbons (Fsp3) is 0.310. The highest BCUT2D eigenvalue weighted by molar-refractivity contribution is 6.02. The van der Waals surface area contributed by atoms with Crippen LogP contribution in [0.2, 0.25) is 0 Å². The van der Waals surface area contributed by atoms with Gasteiger partial charge in [0.2, 0.25) is 0 Å². The topological polar surface area (TPSA) is 78.9 Å². The van der Waals surface area contributed by atoms with Crippen LogP contribution in [-0.4, -0.2) is 30.6 Å². The molecule has 7 heteroatoms. The van der Waals surface area contributed by atoms with Gasteiger partial charge in [-0.2, -0.15) is 0 Å². The summed E-state index contributed by atoms with van der Waals surface area (Å²) in [6.45, 7) is 1.31. The van der Waals surface area contributed by atoms with Gasteiger partial charge in [0.1, 0.15) is 0 Å². The number of amides is 1. The molecule has 3 aliphatic rings. The van der Waals surface area contributed by atoms with Crippen molar-refractivity contribution in [1.82, 2.24) is 5.32 Å². The van der Waals surface area contributed by atoms with Crippen LogP contribution in [0.15, 0.2) is 60.7 Å². The maximum absolute atomic E-state index is 14.4. The lowest BCUT2D eigenvalue weighted by Gasteiger charge is -2.24. The number of carbonyl (C=O) groups is 2. The van der Waals surface area contributed by atoms with Gasteiger partial charge < -0.3 is 20.1 Å². The lowest BCUT2D eigenvalue weighted by Crippen LogP contribution is -2.36. The number of fused-ring (bicyclic) bond motifs is 2. The van der Waals surface area contributed by atoms with E-state index in [9.17, 15) is 19.1 Å². The number of halogens is 1. The third-order valence-electron chi connectivity index (χ3n) is 7.89. The number of benzene rings is 3. The number of anilines is 1. The fourth-order valence-electron chi connectivity index (χ4n) is 5.59. The maximum atomic E-state index is 14.4. The van der Waals surface area contributed by atoms with Gasteiger partial charge in [-0.3, -0.25) is 4.79 Å². The van der Waals surface area contributed by atoms with E-state index in [1.165, 1.54) is 18.7 Å². The van der Waals surface area contributed by atoms with Crippen LogP contribution in [0, 0.1) is 5.82 Å². The number of carbonyl (C=O) groups excluding carboxylic acids is 1. The normalized spacial score (nSPS) is 18.0. The Hall–Kier alpha value is -3.87. The highest BCUT2D eigenvalue weighted by Gasteiger charge is 2.53. The molecule has 184 valence electrons. The molecule has 0 bridgehead atoms. The monoisotopic (exact) mass is 486 g/mol. The molecule has 1 spiro atoms. The SMILES string of the molecule is COc1ccc(CN2CC3(CC3)c3cccc(C(=O)NC4(c5ccc(C(=O)O)cc5)CC4)c32)cc1F. The lowest BCUT2D eigenvalue weighted by atomic mass is 9.96. The van der Waals surface area contributed by atoms with Gasteiger partial charge >= 0.3 is 5.97 Å². The first kappa shape index (κ1) is 22.6. The minimum atomic E-state index is -0.971. The molecule has 0 unspecified atom stereocenters. The Labute approximate surface area is 208 Å². The predicted molar refractivity (Wildman–Crippen MR) is 133 cm³/mol. The molecule has 0 saturated heterocycles. The molecule has 0 radical (unpaired) electrons. The van der Waals surface area contributed by atoms with Gasteiger partial charge in [0.25, 0.3) is 5.91 Å². The summed E-state index contributed by atoms with van der Waals surface area (Å²) in [5, 5.41) is 12.4. The second kappa shape index (κ2) is 8.08. The average molecular weight is 487 g/mol. The standard InChI is InChI=1S/C29H27FN2O4/c1-36-24-10-5-18(15-23(24)30)16-32-17-28(11-12-28)22-4-2-3-21(25(22)32)26(33)31-29(13-14-29)20-8-6-19(7-9-20)27(34)35/h2-10,15H,11-14,16-17H2,1H3,(H,31,33)(H,34,35). The lowest BCUT2D eigenvalue weighted by molar-refractivity contribution is 0.0696. The van der Waals surface area contributed by atoms with Crippen LogP contribution in [0.5, 0.6) is 5.75 Å². The first-order valence-electron chi connectivity index (χ1n) is 12.2. The Morgan fingerprint density at radius 3 is 2.42 bits per heavy atom. The van der Waals surface area contributed by atoms with Crippen molar-refractivity contribution >= 4 is 17.6 Å². The Balaban J connectivity index is 1.29. The largest absolute Gasteiger partial charge is 0.494 e. The average Bonchev–Trinajstić information content (AvgIpc) is 3.79. The minimum absolute atomic E-state index is 0.0700. The molecule has 36 heavy (non-hydrogen) atoms. The smallest absolute Gasteiger partial charge is 0.335 e. The zero-order chi connectivity index (χ0) is 25.1. The maximum Gasteiger partial charge on any atom is 0.335 e. The number of carboxylic acid groups (broad SMARTS) is 1. The number of nitrogens with one attached hydrogen (secondary N) is 1. The Kier molecular flexibility index (Phi) is 5.07. The number of aromatic carboxylic acids is 1. The van der Waals surface area contributed by atoms with Crippen LogP contribution >= 0.6 is 0 Å². The van der Waals surface area contributed by atoms with Crippen molar-refractivity contribution in [3.05, 3.63) is 94.3 Å². The second-order valence-corrected chi connectivity index (χ2v) is 10.2. The molecule has 2 fully saturated rings. The second-order valence-electron chi connectivity index (χ2n) is 10.2. The Bertz CT molecular complexity index is 1380. The van der Waals surface area contributed by atoms with Gasteiger partial charge in [0, 0.05) is 18.5 Å². The number of methoxy groups -OCH3 is 1. The van der Waals surface area contributed by atoms with Crippen molar-refractivity contribution in [3.8, 4) is 5.75 Å². The van der Waals surface area contributed by atoms with E-state index in [1.807, 2.05) is 18.2 Å². The number of rotatable bonds is 7. The Morgan fingerprint density at radius 2 is 1.81 bits per heavy atom. The highest BCUT2D eigenvalue weighted by Crippen LogP contribution is 2.57. The molecule has 0 aromatic heterocycles. The third-order valence-corrected chi connectivity index (χ3v) is 7.89.